The molecule has 0 saturated heterocycles. The fraction of sp³-hybridized carbons (Fsp3) is 0.235. The molecule has 1 heterocycles. The average Bonchev–Trinajstić information content (AvgIpc) is 2.87. The number of hydrogen-bond acceptors (Lipinski definition) is 3. The molecule has 3 nitrogen and oxygen atoms in total. The Hall–Kier alpha value is -1.72. The molecule has 2 aromatic rings. The zero-order valence-corrected chi connectivity index (χ0v) is 14.6. The van der Waals surface area contributed by atoms with Gasteiger partial charge in [-0.15, -0.1) is 0 Å². The fourth-order valence-electron chi connectivity index (χ4n) is 2.74. The van der Waals surface area contributed by atoms with Crippen LogP contribution in [-0.2, 0) is 0 Å². The van der Waals surface area contributed by atoms with Crippen LogP contribution in [-0.4, -0.2) is 16.0 Å². The van der Waals surface area contributed by atoms with E-state index >= 15 is 0 Å². The van der Waals surface area contributed by atoms with Crippen LogP contribution in [0.15, 0.2) is 18.7 Å². The highest BCUT2D eigenvalue weighted by molar-refractivity contribution is 7.97. The van der Waals surface area contributed by atoms with E-state index < -0.39 is 0 Å². The largest absolute Gasteiger partial charge is 0.330 e. The van der Waals surface area contributed by atoms with Gasteiger partial charge in [-0.25, -0.2) is 9.07 Å². The molecule has 1 aliphatic carbocycles. The summed E-state index contributed by atoms with van der Waals surface area (Å²) in [5, 5.41) is 6.69. The van der Waals surface area contributed by atoms with Gasteiger partial charge in [0.25, 0.3) is 0 Å². The molecule has 0 aliphatic heterocycles. The van der Waals surface area contributed by atoms with E-state index in [0.29, 0.717) is 22.1 Å². The summed E-state index contributed by atoms with van der Waals surface area (Å²) >= 11 is 7.61. The zero-order valence-electron chi connectivity index (χ0n) is 13.0. The van der Waals surface area contributed by atoms with E-state index in [1.807, 2.05) is 13.2 Å². The van der Waals surface area contributed by atoms with Crippen molar-refractivity contribution < 1.29 is 4.39 Å². The van der Waals surface area contributed by atoms with Crippen LogP contribution in [0.4, 0.5) is 4.39 Å². The molecule has 0 atom stereocenters. The van der Waals surface area contributed by atoms with Gasteiger partial charge in [-0.05, 0) is 31.4 Å². The normalized spacial score (nSPS) is 13.0. The molecule has 3 rings (SSSR count). The van der Waals surface area contributed by atoms with Gasteiger partial charge in [0.2, 0.25) is 0 Å². The van der Waals surface area contributed by atoms with E-state index in [4.69, 9.17) is 11.6 Å². The van der Waals surface area contributed by atoms with Crippen LogP contribution in [0.1, 0.15) is 24.0 Å². The van der Waals surface area contributed by atoms with Gasteiger partial charge in [-0.3, -0.25) is 0 Å². The molecule has 0 amide bonds. The van der Waals surface area contributed by atoms with Crippen LogP contribution in [0, 0.1) is 12.7 Å². The number of fused-ring (bicyclic) bond motifs is 1. The van der Waals surface area contributed by atoms with Crippen molar-refractivity contribution in [3.8, 4) is 5.69 Å². The van der Waals surface area contributed by atoms with Crippen molar-refractivity contribution in [1.82, 2.24) is 14.5 Å². The Morgan fingerprint density at radius 2 is 2.13 bits per heavy atom. The lowest BCUT2D eigenvalue weighted by Gasteiger charge is -2.13. The molecular formula is C17H17ClFN3S. The van der Waals surface area contributed by atoms with Gasteiger partial charge in [0, 0.05) is 28.8 Å². The van der Waals surface area contributed by atoms with Crippen LogP contribution in [0.3, 0.4) is 0 Å². The third-order valence-electron chi connectivity index (χ3n) is 3.83. The predicted octanol–water partition coefficient (Wildman–Crippen LogP) is 3.17. The van der Waals surface area contributed by atoms with Crippen LogP contribution in [0.5, 0.6) is 0 Å². The summed E-state index contributed by atoms with van der Waals surface area (Å²) in [5.74, 6) is -0.336. The Balaban J connectivity index is 2.17. The van der Waals surface area contributed by atoms with Crippen molar-refractivity contribution in [2.75, 3.05) is 6.26 Å². The minimum absolute atomic E-state index is 0.336. The number of nitrogens with zero attached hydrogens (tertiary/aromatic N) is 2. The van der Waals surface area contributed by atoms with Gasteiger partial charge >= 0.3 is 0 Å². The molecule has 0 spiro atoms. The summed E-state index contributed by atoms with van der Waals surface area (Å²) in [7, 11) is 0. The second-order valence-corrected chi connectivity index (χ2v) is 6.36. The van der Waals surface area contributed by atoms with Crippen molar-refractivity contribution in [2.24, 2.45) is 0 Å². The standard InChI is InChI=1S/C17H17ClFN3S/c1-10-8-13(11(2)21-23-3)14(19)9-16(10)22-15-7-5-4-6-12(15)17(18)20-22/h6-9,21H,2,4-5H2,1,3H3. The first-order valence-corrected chi connectivity index (χ1v) is 8.87. The van der Waals surface area contributed by atoms with Crippen LogP contribution in [0.25, 0.3) is 23.5 Å². The Morgan fingerprint density at radius 3 is 2.87 bits per heavy atom. The van der Waals surface area contributed by atoms with Gasteiger partial charge in [0.1, 0.15) is 5.82 Å². The number of aromatic nitrogens is 2. The summed E-state index contributed by atoms with van der Waals surface area (Å²) in [6, 6.07) is 3.27. The van der Waals surface area contributed by atoms with Gasteiger partial charge in [-0.2, -0.15) is 5.10 Å². The highest BCUT2D eigenvalue weighted by atomic mass is 35.5. The molecule has 0 fully saturated rings. The second-order valence-electron chi connectivity index (χ2n) is 5.39. The Labute approximate surface area is 143 Å². The molecule has 1 aliphatic rings. The third kappa shape index (κ3) is 2.91. The number of benzene rings is 1. The zero-order chi connectivity index (χ0) is 16.6. The molecule has 1 aromatic carbocycles. The summed E-state index contributed by atoms with van der Waals surface area (Å²) in [4.78, 5) is 0. The Bertz CT molecular complexity index is 902. The molecule has 1 N–H and O–H groups in total. The molecule has 0 unspecified atom stereocenters. The predicted molar refractivity (Wildman–Crippen MR) is 96.4 cm³/mol. The van der Waals surface area contributed by atoms with Crippen LogP contribution in [0.2, 0.25) is 5.15 Å². The molecule has 1 aromatic heterocycles. The monoisotopic (exact) mass is 349 g/mol. The van der Waals surface area contributed by atoms with E-state index in [0.717, 1.165) is 29.0 Å². The lowest BCUT2D eigenvalue weighted by molar-refractivity contribution is 0.620. The van der Waals surface area contributed by atoms with Crippen molar-refractivity contribution >= 4 is 41.4 Å². The van der Waals surface area contributed by atoms with E-state index in [1.165, 1.54) is 18.0 Å². The number of nitrogens with one attached hydrogen (secondary N) is 1. The molecule has 6 heteroatoms. The highest BCUT2D eigenvalue weighted by Crippen LogP contribution is 2.23. The van der Waals surface area contributed by atoms with Gasteiger partial charge < -0.3 is 4.72 Å². The first-order chi connectivity index (χ1) is 11.0. The fourth-order valence-corrected chi connectivity index (χ4v) is 3.35. The third-order valence-corrected chi connectivity index (χ3v) is 4.56. The topological polar surface area (TPSA) is 29.9 Å². The second kappa shape index (κ2) is 6.42. The van der Waals surface area contributed by atoms with Crippen LogP contribution >= 0.6 is 23.5 Å². The number of aryl methyl sites for hydroxylation is 1. The maximum absolute atomic E-state index is 14.5. The SMILES string of the molecule is C=C(NSC)c1cc(C)c(-n2nc(Cl)c3c2=CCCC=3)cc1F. The minimum atomic E-state index is -0.336. The smallest absolute Gasteiger partial charge is 0.159 e. The van der Waals surface area contributed by atoms with E-state index in [2.05, 4.69) is 28.6 Å². The summed E-state index contributed by atoms with van der Waals surface area (Å²) in [5.41, 5.74) is 2.61. The lowest BCUT2D eigenvalue weighted by Crippen LogP contribution is -2.31. The van der Waals surface area contributed by atoms with Crippen molar-refractivity contribution in [1.29, 1.82) is 0 Å². The quantitative estimate of drug-likeness (QED) is 0.860. The van der Waals surface area contributed by atoms with Crippen LogP contribution < -0.4 is 15.3 Å². The van der Waals surface area contributed by atoms with E-state index in [-0.39, 0.29) is 5.82 Å². The lowest BCUT2D eigenvalue weighted by atomic mass is 10.1. The number of halogens is 2. The van der Waals surface area contributed by atoms with E-state index in [1.54, 1.807) is 10.7 Å². The first-order valence-electron chi connectivity index (χ1n) is 7.26. The number of hydrogen-bond donors (Lipinski definition) is 1. The van der Waals surface area contributed by atoms with Crippen molar-refractivity contribution in [3.63, 3.8) is 0 Å². The average molecular weight is 350 g/mol. The first kappa shape index (κ1) is 16.1. The molecule has 0 radical (unpaired) electrons. The van der Waals surface area contributed by atoms with E-state index in [9.17, 15) is 4.39 Å². The molecule has 23 heavy (non-hydrogen) atoms. The van der Waals surface area contributed by atoms with Gasteiger partial charge in [0.15, 0.2) is 5.15 Å². The maximum Gasteiger partial charge on any atom is 0.159 e. The molecule has 0 saturated carbocycles. The summed E-state index contributed by atoms with van der Waals surface area (Å²) < 4.78 is 19.2. The Kier molecular flexibility index (Phi) is 4.50. The van der Waals surface area contributed by atoms with Crippen molar-refractivity contribution in [3.05, 3.63) is 51.4 Å². The minimum Gasteiger partial charge on any atom is -0.330 e. The van der Waals surface area contributed by atoms with Crippen molar-refractivity contribution in [2.45, 2.75) is 19.8 Å². The highest BCUT2D eigenvalue weighted by Gasteiger charge is 2.15. The van der Waals surface area contributed by atoms with Gasteiger partial charge in [0.05, 0.1) is 11.0 Å². The molecular weight excluding hydrogens is 333 g/mol. The maximum atomic E-state index is 14.5. The number of rotatable bonds is 4. The summed E-state index contributed by atoms with van der Waals surface area (Å²) in [6.07, 6.45) is 7.92. The molecule has 120 valence electrons. The molecule has 0 bridgehead atoms. The summed E-state index contributed by atoms with van der Waals surface area (Å²) in [6.45, 7) is 5.80. The van der Waals surface area contributed by atoms with Gasteiger partial charge in [-0.1, -0.05) is 42.3 Å². The Morgan fingerprint density at radius 1 is 1.39 bits per heavy atom.